The zero-order valence-corrected chi connectivity index (χ0v) is 16.5. The second-order valence-electron chi connectivity index (χ2n) is 6.55. The first-order valence-electron chi connectivity index (χ1n) is 8.86. The third kappa shape index (κ3) is 3.87. The van der Waals surface area contributed by atoms with Gasteiger partial charge in [-0.25, -0.2) is 9.78 Å². The van der Waals surface area contributed by atoms with Gasteiger partial charge < -0.3 is 10.3 Å². The first-order valence-corrected chi connectivity index (χ1v) is 9.67. The predicted molar refractivity (Wildman–Crippen MR) is 109 cm³/mol. The van der Waals surface area contributed by atoms with E-state index in [0.29, 0.717) is 33.7 Å². The van der Waals surface area contributed by atoms with Crippen molar-refractivity contribution in [1.29, 1.82) is 0 Å². The van der Waals surface area contributed by atoms with Crippen LogP contribution in [-0.4, -0.2) is 26.0 Å². The van der Waals surface area contributed by atoms with Gasteiger partial charge in [0.25, 0.3) is 5.56 Å². The number of nitrogens with one attached hydrogen (secondary N) is 3. The maximum Gasteiger partial charge on any atom is 0.439 e. The van der Waals surface area contributed by atoms with Gasteiger partial charge in [-0.05, 0) is 31.5 Å². The number of H-pyrrole nitrogens is 2. The van der Waals surface area contributed by atoms with Crippen LogP contribution in [0.15, 0.2) is 38.4 Å². The van der Waals surface area contributed by atoms with Gasteiger partial charge in [0.05, 0.1) is 5.39 Å². The summed E-state index contributed by atoms with van der Waals surface area (Å²) in [6.45, 7) is 3.86. The molecule has 0 aliphatic carbocycles. The van der Waals surface area contributed by atoms with E-state index in [2.05, 4.69) is 29.9 Å². The minimum atomic E-state index is -0.649. The Morgan fingerprint density at radius 3 is 2.83 bits per heavy atom. The summed E-state index contributed by atoms with van der Waals surface area (Å²) in [6, 6.07) is 6.86. The lowest BCUT2D eigenvalue weighted by Gasteiger charge is -2.06. The van der Waals surface area contributed by atoms with Crippen LogP contribution < -0.4 is 16.6 Å². The molecule has 3 N–H and O–H groups in total. The highest BCUT2D eigenvalue weighted by Gasteiger charge is 2.13. The van der Waals surface area contributed by atoms with Crippen LogP contribution in [0.25, 0.3) is 21.6 Å². The summed E-state index contributed by atoms with van der Waals surface area (Å²) >= 11 is 1.47. The number of hydrogen-bond donors (Lipinski definition) is 3. The zero-order chi connectivity index (χ0) is 20.5. The fourth-order valence-corrected chi connectivity index (χ4v) is 4.02. The number of carbonyl (C=O) groups excluding carboxylic acids is 1. The third-order valence-electron chi connectivity index (χ3n) is 4.54. The molecule has 0 aliphatic heterocycles. The molecule has 148 valence electrons. The molecule has 4 rings (SSSR count). The number of aromatic nitrogens is 4. The Kier molecular flexibility index (Phi) is 4.85. The van der Waals surface area contributed by atoms with Crippen LogP contribution in [0.1, 0.15) is 22.7 Å². The van der Waals surface area contributed by atoms with E-state index in [9.17, 15) is 14.4 Å². The molecule has 0 bridgehead atoms. The number of anilines is 1. The fraction of sp³-hybridized carbons (Fsp3) is 0.211. The molecule has 0 aliphatic rings. The Morgan fingerprint density at radius 1 is 1.24 bits per heavy atom. The van der Waals surface area contributed by atoms with E-state index in [4.69, 9.17) is 0 Å². The average Bonchev–Trinajstić information content (AvgIpc) is 3.24. The Hall–Kier alpha value is -3.53. The van der Waals surface area contributed by atoms with Crippen LogP contribution in [0, 0.1) is 13.8 Å². The molecule has 0 saturated heterocycles. The van der Waals surface area contributed by atoms with Crippen molar-refractivity contribution in [2.45, 2.75) is 26.7 Å². The maximum absolute atomic E-state index is 12.3. The highest BCUT2D eigenvalue weighted by Crippen LogP contribution is 2.25. The number of rotatable bonds is 5. The minimum absolute atomic E-state index is 0.156. The highest BCUT2D eigenvalue weighted by molar-refractivity contribution is 7.18. The molecule has 3 heterocycles. The SMILES string of the molecule is Cc1sc2nc(CCC(=O)Nc3cccc(-c4noc(=O)[nH]4)c3)[nH]c(=O)c2c1C. The Morgan fingerprint density at radius 2 is 2.07 bits per heavy atom. The molecule has 4 aromatic rings. The van der Waals surface area contributed by atoms with E-state index in [1.165, 1.54) is 11.3 Å². The van der Waals surface area contributed by atoms with Crippen molar-refractivity contribution in [2.75, 3.05) is 5.32 Å². The molecule has 0 unspecified atom stereocenters. The molecule has 10 heteroatoms. The van der Waals surface area contributed by atoms with Crippen LogP contribution in [0.5, 0.6) is 0 Å². The Balaban J connectivity index is 1.45. The fourth-order valence-electron chi connectivity index (χ4n) is 2.97. The molecule has 1 aromatic carbocycles. The smallest absolute Gasteiger partial charge is 0.326 e. The zero-order valence-electron chi connectivity index (χ0n) is 15.7. The molecule has 3 aromatic heterocycles. The van der Waals surface area contributed by atoms with Gasteiger partial charge in [-0.15, -0.1) is 11.3 Å². The predicted octanol–water partition coefficient (Wildman–Crippen LogP) is 2.52. The van der Waals surface area contributed by atoms with E-state index in [-0.39, 0.29) is 23.7 Å². The van der Waals surface area contributed by atoms with E-state index >= 15 is 0 Å². The number of hydrogen-bond acceptors (Lipinski definition) is 7. The van der Waals surface area contributed by atoms with Gasteiger partial charge >= 0.3 is 5.76 Å². The standard InChI is InChI=1S/C19H17N5O4S/c1-9-10(2)29-18-15(9)17(26)21-13(22-18)6-7-14(25)20-12-5-3-4-11(8-12)16-23-19(27)28-24-16/h3-5,8H,6-7H2,1-2H3,(H,20,25)(H,21,22,26)(H,23,24,27). The number of aromatic amines is 2. The summed E-state index contributed by atoms with van der Waals surface area (Å²) in [5.74, 6) is -0.114. The number of aryl methyl sites for hydroxylation is 3. The van der Waals surface area contributed by atoms with Gasteiger partial charge in [0, 0.05) is 29.0 Å². The van der Waals surface area contributed by atoms with Crippen molar-refractivity contribution >= 4 is 33.1 Å². The summed E-state index contributed by atoms with van der Waals surface area (Å²) in [5, 5.41) is 7.03. The van der Waals surface area contributed by atoms with Crippen molar-refractivity contribution in [3.63, 3.8) is 0 Å². The number of carbonyl (C=O) groups is 1. The monoisotopic (exact) mass is 411 g/mol. The van der Waals surface area contributed by atoms with Gasteiger partial charge in [-0.1, -0.05) is 17.3 Å². The summed E-state index contributed by atoms with van der Waals surface area (Å²) in [7, 11) is 0. The van der Waals surface area contributed by atoms with Gasteiger partial charge in [-0.3, -0.25) is 19.1 Å². The molecule has 0 radical (unpaired) electrons. The van der Waals surface area contributed by atoms with Crippen molar-refractivity contribution in [2.24, 2.45) is 0 Å². The second kappa shape index (κ2) is 7.47. The molecule has 0 spiro atoms. The largest absolute Gasteiger partial charge is 0.439 e. The van der Waals surface area contributed by atoms with E-state index in [1.807, 2.05) is 13.8 Å². The van der Waals surface area contributed by atoms with E-state index < -0.39 is 5.76 Å². The number of benzene rings is 1. The summed E-state index contributed by atoms with van der Waals surface area (Å²) < 4.78 is 4.49. The van der Waals surface area contributed by atoms with Crippen LogP contribution >= 0.6 is 11.3 Å². The highest BCUT2D eigenvalue weighted by atomic mass is 32.1. The molecular weight excluding hydrogens is 394 g/mol. The molecule has 29 heavy (non-hydrogen) atoms. The van der Waals surface area contributed by atoms with Gasteiger partial charge in [0.1, 0.15) is 10.7 Å². The summed E-state index contributed by atoms with van der Waals surface area (Å²) in [5.41, 5.74) is 1.92. The second-order valence-corrected chi connectivity index (χ2v) is 7.75. The third-order valence-corrected chi connectivity index (χ3v) is 5.64. The lowest BCUT2D eigenvalue weighted by molar-refractivity contribution is -0.116. The van der Waals surface area contributed by atoms with Crippen molar-refractivity contribution in [3.05, 3.63) is 61.4 Å². The van der Waals surface area contributed by atoms with Crippen molar-refractivity contribution in [3.8, 4) is 11.4 Å². The molecular formula is C19H17N5O4S. The lowest BCUT2D eigenvalue weighted by atomic mass is 10.2. The van der Waals surface area contributed by atoms with Crippen LogP contribution in [0.4, 0.5) is 5.69 Å². The maximum atomic E-state index is 12.3. The van der Waals surface area contributed by atoms with Crippen molar-refractivity contribution < 1.29 is 9.32 Å². The molecule has 1 amide bonds. The Labute approximate surface area is 167 Å². The topological polar surface area (TPSA) is 134 Å². The number of fused-ring (bicyclic) bond motifs is 1. The molecule has 0 fully saturated rings. The average molecular weight is 411 g/mol. The molecule has 0 atom stereocenters. The number of amides is 1. The first kappa shape index (κ1) is 18.8. The van der Waals surface area contributed by atoms with Crippen LogP contribution in [-0.2, 0) is 11.2 Å². The van der Waals surface area contributed by atoms with Crippen molar-refractivity contribution in [1.82, 2.24) is 20.1 Å². The van der Waals surface area contributed by atoms with E-state index in [1.54, 1.807) is 24.3 Å². The van der Waals surface area contributed by atoms with Gasteiger partial charge in [0.15, 0.2) is 5.82 Å². The van der Waals surface area contributed by atoms with Gasteiger partial charge in [0.2, 0.25) is 5.91 Å². The lowest BCUT2D eigenvalue weighted by Crippen LogP contribution is -2.16. The summed E-state index contributed by atoms with van der Waals surface area (Å²) in [6.07, 6.45) is 0.464. The first-order chi connectivity index (χ1) is 13.9. The molecule has 9 nitrogen and oxygen atoms in total. The number of nitrogens with zero attached hydrogens (tertiary/aromatic N) is 2. The normalized spacial score (nSPS) is 11.1. The quantitative estimate of drug-likeness (QED) is 0.462. The minimum Gasteiger partial charge on any atom is -0.326 e. The molecule has 0 saturated carbocycles. The van der Waals surface area contributed by atoms with Gasteiger partial charge in [-0.2, -0.15) is 0 Å². The Bertz CT molecular complexity index is 1330. The van der Waals surface area contributed by atoms with Crippen LogP contribution in [0.3, 0.4) is 0 Å². The van der Waals surface area contributed by atoms with E-state index in [0.717, 1.165) is 10.4 Å². The summed E-state index contributed by atoms with van der Waals surface area (Å²) in [4.78, 5) is 47.2. The number of thiophene rings is 1. The van der Waals surface area contributed by atoms with Crippen LogP contribution in [0.2, 0.25) is 0 Å².